The maximum Gasteiger partial charge on any atom is 0.309 e. The molecule has 4 aromatic rings. The van der Waals surface area contributed by atoms with Gasteiger partial charge in [0.15, 0.2) is 6.29 Å². The largest absolute Gasteiger partial charge is 0.459 e. The number of piperidine rings is 1. The molecule has 5 N–H and O–H groups in total. The lowest BCUT2D eigenvalue weighted by Crippen LogP contribution is -2.62. The topological polar surface area (TPSA) is 226 Å². The molecule has 0 radical (unpaired) electrons. The molecule has 23 atom stereocenters. The molecule has 1 saturated carbocycles. The summed E-state index contributed by atoms with van der Waals surface area (Å²) in [6, 6.07) is 27.4. The smallest absolute Gasteiger partial charge is 0.309 e. The van der Waals surface area contributed by atoms with Gasteiger partial charge >= 0.3 is 5.97 Å². The van der Waals surface area contributed by atoms with E-state index in [2.05, 4.69) is 75.9 Å². The van der Waals surface area contributed by atoms with Gasteiger partial charge in [-0.3, -0.25) is 9.79 Å². The minimum absolute atomic E-state index is 0.170. The molecule has 1 aromatic heterocycles. The third-order valence-corrected chi connectivity index (χ3v) is 20.9. The molecule has 0 amide bonds. The van der Waals surface area contributed by atoms with E-state index in [1.807, 2.05) is 75.9 Å². The highest BCUT2D eigenvalue weighted by atomic mass is 19.1. The highest BCUT2D eigenvalue weighted by Gasteiger charge is 2.57. The zero-order valence-electron chi connectivity index (χ0n) is 54.9. The van der Waals surface area contributed by atoms with Gasteiger partial charge in [-0.05, 0) is 104 Å². The minimum Gasteiger partial charge on any atom is -0.459 e. The summed E-state index contributed by atoms with van der Waals surface area (Å²) < 4.78 is 55.3. The lowest BCUT2D eigenvalue weighted by molar-refractivity contribution is -0.302. The number of hydrogen-bond acceptors (Lipinski definition) is 18. The fraction of sp³-hybridized carbons (Fsp3) is 0.681. The number of likely N-dealkylation sites (N-methyl/N-ethyl adjacent to an activating group) is 2. The molecule has 1 aliphatic carbocycles. The second-order valence-electron chi connectivity index (χ2n) is 27.6. The molecule has 9 rings (SSSR count). The number of aromatic nitrogens is 3. The Kier molecular flexibility index (Phi) is 22.0. The van der Waals surface area contributed by atoms with Gasteiger partial charge in [0.1, 0.15) is 48.8 Å². The molecule has 0 bridgehead atoms. The maximum absolute atomic E-state index is 15.3. The van der Waals surface area contributed by atoms with Crippen LogP contribution < -0.4 is 4.90 Å². The number of esters is 1. The lowest BCUT2D eigenvalue weighted by atomic mass is 9.68. The van der Waals surface area contributed by atoms with E-state index in [1.165, 1.54) is 14.0 Å². The molecule has 492 valence electrons. The van der Waals surface area contributed by atoms with Crippen molar-refractivity contribution in [1.29, 1.82) is 0 Å². The van der Waals surface area contributed by atoms with Crippen molar-refractivity contribution in [2.45, 2.75) is 204 Å². The van der Waals surface area contributed by atoms with Gasteiger partial charge < -0.3 is 68.7 Å². The van der Waals surface area contributed by atoms with Crippen molar-refractivity contribution in [2.75, 3.05) is 66.1 Å². The third-order valence-electron chi connectivity index (χ3n) is 20.9. The first kappa shape index (κ1) is 68.6. The molecule has 5 aliphatic rings. The van der Waals surface area contributed by atoms with E-state index in [9.17, 15) is 30.3 Å². The molecule has 4 saturated heterocycles. The fourth-order valence-corrected chi connectivity index (χ4v) is 15.5. The van der Waals surface area contributed by atoms with Crippen molar-refractivity contribution in [3.8, 4) is 0 Å². The van der Waals surface area contributed by atoms with Crippen LogP contribution in [-0.2, 0) is 39.6 Å². The molecule has 5 heterocycles. The molecule has 20 heteroatoms. The predicted octanol–water partition coefficient (Wildman–Crippen LogP) is 7.25. The van der Waals surface area contributed by atoms with Crippen LogP contribution in [0.2, 0.25) is 0 Å². The second kappa shape index (κ2) is 28.6. The van der Waals surface area contributed by atoms with E-state index in [0.29, 0.717) is 43.5 Å². The summed E-state index contributed by atoms with van der Waals surface area (Å²) in [5.41, 5.74) is 1.29. The average Bonchev–Trinajstić information content (AvgIpc) is 1.67. The number of carbonyl (C=O) groups is 1. The van der Waals surface area contributed by atoms with Crippen molar-refractivity contribution in [1.82, 2.24) is 24.8 Å². The number of carbonyl (C=O) groups excluding carboxylic acids is 1. The van der Waals surface area contributed by atoms with Crippen LogP contribution in [0.3, 0.4) is 0 Å². The van der Waals surface area contributed by atoms with Gasteiger partial charge in [0.2, 0.25) is 0 Å². The standard InChI is InChI=1S/C69H102FN7O12/c1-15-56-69(10,83)62(79)44(6)75(12)36-40(2)33-67(8,82)64(42(4)57(43(5)65(81)88-56)55-34-68(9,85-14)63(80)45(7)87-55)89-66-60(78)53(32-41(3)86-66)74(11)31-30-49-37-77(73-72-49)54(35-70)61(84-13)48-26-28-50(29-27-48)76-38-51-52(39-76)59(51)71-58(46-22-18-16-19-23-46)47-24-20-17-21-25-47/h16-29,37,40-45,51-57,59-64,66,78-80,82-83H,15,30-36,38-39H2,1-14H3/t40-,41-,42+,43-,44-,45+,51-,52?,53+,54-,55?,56-,57+,59+,60-,61-,62-,63+,64-,66+,67-,68-,69-/m1/s1. The van der Waals surface area contributed by atoms with Crippen LogP contribution in [-0.4, -0.2) is 213 Å². The lowest BCUT2D eigenvalue weighted by Gasteiger charge is -2.51. The molecule has 4 aliphatic heterocycles. The van der Waals surface area contributed by atoms with Gasteiger partial charge in [0, 0.05) is 106 Å². The summed E-state index contributed by atoms with van der Waals surface area (Å²) in [5.74, 6) is -2.33. The normalized spacial score (nSPS) is 38.3. The van der Waals surface area contributed by atoms with E-state index in [0.717, 1.165) is 41.2 Å². The zero-order valence-corrected chi connectivity index (χ0v) is 54.9. The van der Waals surface area contributed by atoms with Gasteiger partial charge in [-0.2, -0.15) is 0 Å². The minimum atomic E-state index is -1.84. The van der Waals surface area contributed by atoms with Crippen LogP contribution in [0.5, 0.6) is 0 Å². The number of benzene rings is 3. The number of ether oxygens (including phenoxy) is 6. The van der Waals surface area contributed by atoms with Crippen molar-refractivity contribution >= 4 is 17.4 Å². The number of fused-ring (bicyclic) bond motifs is 1. The van der Waals surface area contributed by atoms with Crippen molar-refractivity contribution < 1.29 is 63.1 Å². The molecule has 5 fully saturated rings. The van der Waals surface area contributed by atoms with Crippen LogP contribution in [0.1, 0.15) is 129 Å². The Morgan fingerprint density at radius 3 is 2.08 bits per heavy atom. The maximum atomic E-state index is 15.3. The zero-order chi connectivity index (χ0) is 64.4. The van der Waals surface area contributed by atoms with Gasteiger partial charge in [0.25, 0.3) is 0 Å². The summed E-state index contributed by atoms with van der Waals surface area (Å²) in [4.78, 5) is 26.5. The van der Waals surface area contributed by atoms with Crippen molar-refractivity contribution in [3.63, 3.8) is 0 Å². The number of nitrogens with zero attached hydrogens (tertiary/aromatic N) is 7. The number of aliphatic imine (C=N–C) groups is 1. The number of aliphatic hydroxyl groups excluding tert-OH is 3. The highest BCUT2D eigenvalue weighted by Crippen LogP contribution is 2.50. The van der Waals surface area contributed by atoms with Crippen molar-refractivity contribution in [3.05, 3.63) is 114 Å². The van der Waals surface area contributed by atoms with Crippen LogP contribution in [0.25, 0.3) is 0 Å². The third kappa shape index (κ3) is 14.8. The van der Waals surface area contributed by atoms with E-state index < -0.39 is 127 Å². The summed E-state index contributed by atoms with van der Waals surface area (Å²) in [6.07, 6.45) is -6.26. The summed E-state index contributed by atoms with van der Waals surface area (Å²) >= 11 is 0. The molecule has 0 spiro atoms. The van der Waals surface area contributed by atoms with Gasteiger partial charge in [-0.1, -0.05) is 106 Å². The van der Waals surface area contributed by atoms with E-state index >= 15 is 4.39 Å². The Bertz CT molecular complexity index is 2890. The molecule has 89 heavy (non-hydrogen) atoms. The first-order valence-corrected chi connectivity index (χ1v) is 32.4. The number of cyclic esters (lactones) is 1. The van der Waals surface area contributed by atoms with Crippen LogP contribution in [0.15, 0.2) is 96.1 Å². The Balaban J connectivity index is 0.883. The number of aliphatic hydroxyl groups is 5. The Labute approximate surface area is 526 Å². The van der Waals surface area contributed by atoms with Gasteiger partial charge in [-0.15, -0.1) is 5.10 Å². The number of alkyl halides is 1. The Morgan fingerprint density at radius 1 is 0.865 bits per heavy atom. The number of anilines is 1. The number of methoxy groups -OCH3 is 2. The summed E-state index contributed by atoms with van der Waals surface area (Å²) in [7, 11) is 6.87. The number of hydrogen-bond donors (Lipinski definition) is 5. The Hall–Kier alpha value is -4.81. The van der Waals surface area contributed by atoms with Crippen LogP contribution >= 0.6 is 0 Å². The van der Waals surface area contributed by atoms with Crippen LogP contribution in [0, 0.1) is 35.5 Å². The van der Waals surface area contributed by atoms with Gasteiger partial charge in [0.05, 0.1) is 59.0 Å². The fourth-order valence-electron chi connectivity index (χ4n) is 15.5. The number of halogens is 1. The number of rotatable bonds is 18. The molecule has 19 nitrogen and oxygen atoms in total. The van der Waals surface area contributed by atoms with E-state index in [-0.39, 0.29) is 31.2 Å². The Morgan fingerprint density at radius 2 is 1.49 bits per heavy atom. The van der Waals surface area contributed by atoms with Gasteiger partial charge in [-0.25, -0.2) is 9.07 Å². The quantitative estimate of drug-likeness (QED) is 0.0488. The summed E-state index contributed by atoms with van der Waals surface area (Å²) in [6.45, 7) is 19.8. The van der Waals surface area contributed by atoms with E-state index in [1.54, 1.807) is 52.6 Å². The SMILES string of the molecule is CC[C@H]1OC(=O)[C@H](C)[C@@H](C2C[C@@](C)(OC)[C@@H](O)[C@H](C)O2)[C@H](C)[C@@H](O[C@@H]2O[C@H](C)C[C@H](N(C)CCc3cn([C@H](CF)[C@H](OC)c4ccc(N5CC6[C@@H](C5)[C@@H]6N=C(c5ccccc5)c5ccccc5)cc4)nn3)[C@H]2O)[C@](C)(O)C[C@@H](C)CN(C)[C@H](C)[C@@H](O)[C@]1(C)O. The molecular formula is C69H102FN7O12. The average molecular weight is 1240 g/mol. The molecule has 2 unspecified atom stereocenters. The monoisotopic (exact) mass is 1240 g/mol. The predicted molar refractivity (Wildman–Crippen MR) is 338 cm³/mol. The highest BCUT2D eigenvalue weighted by molar-refractivity contribution is 6.13. The van der Waals surface area contributed by atoms with E-state index in [4.69, 9.17) is 33.4 Å². The first-order valence-electron chi connectivity index (χ1n) is 32.4. The van der Waals surface area contributed by atoms with Crippen molar-refractivity contribution in [2.24, 2.45) is 40.5 Å². The van der Waals surface area contributed by atoms with Crippen LogP contribution in [0.4, 0.5) is 10.1 Å². The molecular weight excluding hydrogens is 1140 g/mol. The second-order valence-corrected chi connectivity index (χ2v) is 27.6. The molecule has 3 aromatic carbocycles. The first-order chi connectivity index (χ1) is 42.2. The summed E-state index contributed by atoms with van der Waals surface area (Å²) in [5, 5.41) is 69.6.